The van der Waals surface area contributed by atoms with Gasteiger partial charge in [-0.2, -0.15) is 0 Å². The van der Waals surface area contributed by atoms with E-state index in [0.717, 1.165) is 17.5 Å². The minimum absolute atomic E-state index is 0.568. The lowest BCUT2D eigenvalue weighted by molar-refractivity contribution is -0.105. The van der Waals surface area contributed by atoms with E-state index < -0.39 is 0 Å². The first-order valence-corrected chi connectivity index (χ1v) is 4.76. The van der Waals surface area contributed by atoms with E-state index >= 15 is 0 Å². The summed E-state index contributed by atoms with van der Waals surface area (Å²) in [4.78, 5) is 10.7. The Kier molecular flexibility index (Phi) is 2.79. The molecule has 1 aliphatic rings. The lowest BCUT2D eigenvalue weighted by Gasteiger charge is -2.08. The fourth-order valence-electron chi connectivity index (χ4n) is 1.40. The Morgan fingerprint density at radius 3 is 2.47 bits per heavy atom. The van der Waals surface area contributed by atoms with Crippen molar-refractivity contribution in [1.29, 1.82) is 0 Å². The minimum atomic E-state index is 0.568. The molecule has 0 amide bonds. The van der Waals surface area contributed by atoms with Crippen LogP contribution in [0.1, 0.15) is 5.56 Å². The van der Waals surface area contributed by atoms with Gasteiger partial charge in [-0.25, -0.2) is 0 Å². The van der Waals surface area contributed by atoms with Gasteiger partial charge in [0.05, 0.1) is 5.70 Å². The summed E-state index contributed by atoms with van der Waals surface area (Å²) in [6.45, 7) is 0. The number of allylic oxidation sites excluding steroid dienone is 5. The molecule has 2 heteroatoms. The zero-order valence-corrected chi connectivity index (χ0v) is 8.18. The average molecular weight is 197 g/mol. The first kappa shape index (κ1) is 9.46. The van der Waals surface area contributed by atoms with Gasteiger partial charge in [0.2, 0.25) is 0 Å². The SMILES string of the molecule is O=CC1=CC=CC=C(c2ccccc2)N1. The quantitative estimate of drug-likeness (QED) is 0.737. The largest absolute Gasteiger partial charge is 0.352 e. The fraction of sp³-hybridized carbons (Fsp3) is 0. The van der Waals surface area contributed by atoms with Crippen LogP contribution in [-0.2, 0) is 4.79 Å². The number of hydrogen-bond donors (Lipinski definition) is 1. The van der Waals surface area contributed by atoms with E-state index in [1.807, 2.05) is 48.6 Å². The van der Waals surface area contributed by atoms with Crippen molar-refractivity contribution in [2.45, 2.75) is 0 Å². The van der Waals surface area contributed by atoms with Crippen LogP contribution >= 0.6 is 0 Å². The number of rotatable bonds is 2. The van der Waals surface area contributed by atoms with Gasteiger partial charge in [-0.15, -0.1) is 0 Å². The smallest absolute Gasteiger partial charge is 0.166 e. The van der Waals surface area contributed by atoms with Crippen molar-refractivity contribution in [2.75, 3.05) is 0 Å². The highest BCUT2D eigenvalue weighted by molar-refractivity contribution is 5.80. The molecule has 0 atom stereocenters. The predicted molar refractivity (Wildman–Crippen MR) is 60.8 cm³/mol. The summed E-state index contributed by atoms with van der Waals surface area (Å²) in [7, 11) is 0. The maximum atomic E-state index is 10.7. The van der Waals surface area contributed by atoms with Gasteiger partial charge in [0.25, 0.3) is 0 Å². The fourth-order valence-corrected chi connectivity index (χ4v) is 1.40. The minimum Gasteiger partial charge on any atom is -0.352 e. The molecule has 0 saturated heterocycles. The van der Waals surface area contributed by atoms with Crippen LogP contribution in [0, 0.1) is 0 Å². The third-order valence-electron chi connectivity index (χ3n) is 2.14. The summed E-state index contributed by atoms with van der Waals surface area (Å²) < 4.78 is 0. The van der Waals surface area contributed by atoms with Crippen molar-refractivity contribution < 1.29 is 4.79 Å². The highest BCUT2D eigenvalue weighted by Crippen LogP contribution is 2.14. The standard InChI is InChI=1S/C13H11NO/c15-10-12-8-4-5-9-13(14-12)11-6-2-1-3-7-11/h1-10,14H. The van der Waals surface area contributed by atoms with E-state index in [4.69, 9.17) is 0 Å². The van der Waals surface area contributed by atoms with Gasteiger partial charge in [-0.3, -0.25) is 4.79 Å². The van der Waals surface area contributed by atoms with Gasteiger partial charge >= 0.3 is 0 Å². The van der Waals surface area contributed by atoms with Crippen molar-refractivity contribution >= 4 is 12.0 Å². The average Bonchev–Trinajstić information content (AvgIpc) is 2.55. The van der Waals surface area contributed by atoms with E-state index in [0.29, 0.717) is 5.70 Å². The molecule has 1 aromatic rings. The van der Waals surface area contributed by atoms with Gasteiger partial charge < -0.3 is 5.32 Å². The van der Waals surface area contributed by atoms with E-state index in [9.17, 15) is 4.79 Å². The Morgan fingerprint density at radius 2 is 1.73 bits per heavy atom. The highest BCUT2D eigenvalue weighted by Gasteiger charge is 2.03. The number of aldehydes is 1. The van der Waals surface area contributed by atoms with Crippen molar-refractivity contribution in [1.82, 2.24) is 5.32 Å². The molecule has 0 aromatic heterocycles. The van der Waals surface area contributed by atoms with E-state index in [-0.39, 0.29) is 0 Å². The molecular weight excluding hydrogens is 186 g/mol. The van der Waals surface area contributed by atoms with Crippen molar-refractivity contribution in [3.05, 3.63) is 65.9 Å². The van der Waals surface area contributed by atoms with Crippen molar-refractivity contribution in [2.24, 2.45) is 0 Å². The number of carbonyl (C=O) groups excluding carboxylic acids is 1. The van der Waals surface area contributed by atoms with Crippen LogP contribution in [0.2, 0.25) is 0 Å². The highest BCUT2D eigenvalue weighted by atomic mass is 16.1. The number of carbonyl (C=O) groups is 1. The molecule has 2 nitrogen and oxygen atoms in total. The third kappa shape index (κ3) is 2.23. The summed E-state index contributed by atoms with van der Waals surface area (Å²) in [6, 6.07) is 9.90. The molecule has 0 spiro atoms. The molecule has 1 aliphatic heterocycles. The topological polar surface area (TPSA) is 29.1 Å². The van der Waals surface area contributed by atoms with Crippen LogP contribution < -0.4 is 5.32 Å². The lowest BCUT2D eigenvalue weighted by Crippen LogP contribution is -2.11. The normalized spacial score (nSPS) is 14.7. The second-order valence-corrected chi connectivity index (χ2v) is 3.20. The number of benzene rings is 1. The van der Waals surface area contributed by atoms with Crippen LogP contribution in [0.25, 0.3) is 5.70 Å². The molecule has 1 aromatic carbocycles. The molecule has 2 rings (SSSR count). The van der Waals surface area contributed by atoms with Crippen molar-refractivity contribution in [3.8, 4) is 0 Å². The van der Waals surface area contributed by atoms with Crippen LogP contribution in [0.5, 0.6) is 0 Å². The Bertz CT molecular complexity index is 441. The first-order valence-electron chi connectivity index (χ1n) is 4.76. The Morgan fingerprint density at radius 1 is 1.00 bits per heavy atom. The van der Waals surface area contributed by atoms with Crippen LogP contribution in [0.15, 0.2) is 60.3 Å². The Labute approximate surface area is 88.6 Å². The zero-order chi connectivity index (χ0) is 10.5. The first-order chi connectivity index (χ1) is 7.40. The van der Waals surface area contributed by atoms with Crippen LogP contribution in [-0.4, -0.2) is 6.29 Å². The second-order valence-electron chi connectivity index (χ2n) is 3.20. The molecule has 0 aliphatic carbocycles. The lowest BCUT2D eigenvalue weighted by atomic mass is 10.1. The second kappa shape index (κ2) is 4.42. The monoisotopic (exact) mass is 197 g/mol. The zero-order valence-electron chi connectivity index (χ0n) is 8.18. The summed E-state index contributed by atoms with van der Waals surface area (Å²) in [5.74, 6) is 0. The molecule has 0 fully saturated rings. The van der Waals surface area contributed by atoms with Crippen LogP contribution in [0.4, 0.5) is 0 Å². The summed E-state index contributed by atoms with van der Waals surface area (Å²) >= 11 is 0. The molecule has 74 valence electrons. The molecule has 0 radical (unpaired) electrons. The summed E-state index contributed by atoms with van der Waals surface area (Å²) in [5, 5.41) is 3.07. The summed E-state index contributed by atoms with van der Waals surface area (Å²) in [6.07, 6.45) is 8.26. The van der Waals surface area contributed by atoms with Gasteiger partial charge in [-0.05, 0) is 17.7 Å². The molecule has 0 saturated carbocycles. The predicted octanol–water partition coefficient (Wildman–Crippen LogP) is 2.27. The molecule has 1 N–H and O–H groups in total. The Balaban J connectivity index is 2.32. The molecule has 15 heavy (non-hydrogen) atoms. The molecule has 1 heterocycles. The molecular formula is C13H11NO. The van der Waals surface area contributed by atoms with Crippen molar-refractivity contribution in [3.63, 3.8) is 0 Å². The van der Waals surface area contributed by atoms with Crippen LogP contribution in [0.3, 0.4) is 0 Å². The number of nitrogens with one attached hydrogen (secondary N) is 1. The Hall–Kier alpha value is -2.09. The van der Waals surface area contributed by atoms with E-state index in [2.05, 4.69) is 5.32 Å². The third-order valence-corrected chi connectivity index (χ3v) is 2.14. The van der Waals surface area contributed by atoms with E-state index in [1.165, 1.54) is 0 Å². The number of hydrogen-bond acceptors (Lipinski definition) is 2. The van der Waals surface area contributed by atoms with Gasteiger partial charge in [0, 0.05) is 5.70 Å². The molecule has 0 bridgehead atoms. The molecule has 0 unspecified atom stereocenters. The van der Waals surface area contributed by atoms with E-state index in [1.54, 1.807) is 6.08 Å². The van der Waals surface area contributed by atoms with Gasteiger partial charge in [0.15, 0.2) is 6.29 Å². The summed E-state index contributed by atoms with van der Waals surface area (Å²) in [5.41, 5.74) is 2.57. The van der Waals surface area contributed by atoms with Gasteiger partial charge in [-0.1, -0.05) is 42.5 Å². The van der Waals surface area contributed by atoms with Gasteiger partial charge in [0.1, 0.15) is 0 Å². The maximum absolute atomic E-state index is 10.7. The maximum Gasteiger partial charge on any atom is 0.166 e.